The number of aliphatic hydroxyl groups is 1. The Balaban J connectivity index is 1.80. The Kier molecular flexibility index (Phi) is 5.59. The van der Waals surface area contributed by atoms with Gasteiger partial charge >= 0.3 is 6.03 Å². The van der Waals surface area contributed by atoms with Crippen molar-refractivity contribution in [1.82, 2.24) is 20.8 Å². The first-order valence-electron chi connectivity index (χ1n) is 6.39. The molecule has 9 heteroatoms. The standard InChI is InChI=1S/C13H14Cl2N4O3/c1-7-18-12(22-19-7)6-17-13(21)16-5-11(20)8-2-9(14)4-10(15)3-8/h2-4,11,20H,5-6H2,1H3,(H2,16,17,21). The van der Waals surface area contributed by atoms with Gasteiger partial charge in [0.05, 0.1) is 12.6 Å². The first kappa shape index (κ1) is 16.5. The van der Waals surface area contributed by atoms with Gasteiger partial charge in [-0.3, -0.25) is 0 Å². The SMILES string of the molecule is Cc1noc(CNC(=O)NCC(O)c2cc(Cl)cc(Cl)c2)n1. The van der Waals surface area contributed by atoms with Crippen LogP contribution in [0.25, 0.3) is 0 Å². The first-order valence-corrected chi connectivity index (χ1v) is 7.14. The first-order chi connectivity index (χ1) is 10.4. The van der Waals surface area contributed by atoms with Crippen LogP contribution in [0.5, 0.6) is 0 Å². The number of amides is 2. The largest absolute Gasteiger partial charge is 0.387 e. The number of hydrogen-bond donors (Lipinski definition) is 3. The number of nitrogens with one attached hydrogen (secondary N) is 2. The average molecular weight is 345 g/mol. The van der Waals surface area contributed by atoms with Crippen molar-refractivity contribution in [3.8, 4) is 0 Å². The van der Waals surface area contributed by atoms with Crippen molar-refractivity contribution >= 4 is 29.2 Å². The highest BCUT2D eigenvalue weighted by Gasteiger charge is 2.12. The molecule has 7 nitrogen and oxygen atoms in total. The highest BCUT2D eigenvalue weighted by atomic mass is 35.5. The van der Waals surface area contributed by atoms with Crippen molar-refractivity contribution in [2.45, 2.75) is 19.6 Å². The van der Waals surface area contributed by atoms with Crippen molar-refractivity contribution in [1.29, 1.82) is 0 Å². The van der Waals surface area contributed by atoms with Gasteiger partial charge in [0.25, 0.3) is 0 Å². The second-order valence-corrected chi connectivity index (χ2v) is 5.39. The van der Waals surface area contributed by atoms with Crippen LogP contribution in [0.15, 0.2) is 22.7 Å². The Morgan fingerprint density at radius 2 is 2.00 bits per heavy atom. The molecule has 0 fully saturated rings. The van der Waals surface area contributed by atoms with Gasteiger partial charge in [0.2, 0.25) is 5.89 Å². The quantitative estimate of drug-likeness (QED) is 0.772. The smallest absolute Gasteiger partial charge is 0.315 e. The number of halogens is 2. The molecule has 0 spiro atoms. The predicted molar refractivity (Wildman–Crippen MR) is 80.7 cm³/mol. The normalized spacial score (nSPS) is 12.0. The van der Waals surface area contributed by atoms with E-state index in [2.05, 4.69) is 20.8 Å². The molecular weight excluding hydrogens is 331 g/mol. The van der Waals surface area contributed by atoms with E-state index in [4.69, 9.17) is 27.7 Å². The molecule has 0 radical (unpaired) electrons. The summed E-state index contributed by atoms with van der Waals surface area (Å²) in [5, 5.41) is 19.5. The van der Waals surface area contributed by atoms with Crippen molar-refractivity contribution in [3.63, 3.8) is 0 Å². The molecule has 1 heterocycles. The van der Waals surface area contributed by atoms with E-state index >= 15 is 0 Å². The van der Waals surface area contributed by atoms with E-state index in [1.54, 1.807) is 25.1 Å². The second kappa shape index (κ2) is 7.44. The van der Waals surface area contributed by atoms with Gasteiger partial charge in [-0.05, 0) is 30.7 Å². The summed E-state index contributed by atoms with van der Waals surface area (Å²) in [5.74, 6) is 0.792. The maximum absolute atomic E-state index is 11.6. The van der Waals surface area contributed by atoms with Gasteiger partial charge in [-0.25, -0.2) is 4.79 Å². The maximum atomic E-state index is 11.6. The monoisotopic (exact) mass is 344 g/mol. The number of aryl methyl sites for hydroxylation is 1. The Bertz CT molecular complexity index is 642. The Morgan fingerprint density at radius 1 is 1.32 bits per heavy atom. The van der Waals surface area contributed by atoms with E-state index in [-0.39, 0.29) is 13.1 Å². The van der Waals surface area contributed by atoms with Gasteiger partial charge in [-0.1, -0.05) is 28.4 Å². The zero-order valence-corrected chi connectivity index (χ0v) is 13.1. The van der Waals surface area contributed by atoms with Crippen LogP contribution in [0, 0.1) is 6.92 Å². The van der Waals surface area contributed by atoms with Crippen LogP contribution in [-0.2, 0) is 6.54 Å². The summed E-state index contributed by atoms with van der Waals surface area (Å²) in [6.07, 6.45) is -0.924. The molecule has 0 aliphatic rings. The fraction of sp³-hybridized carbons (Fsp3) is 0.308. The third kappa shape index (κ3) is 4.87. The Hall–Kier alpha value is -1.83. The summed E-state index contributed by atoms with van der Waals surface area (Å²) in [6, 6.07) is 4.26. The lowest BCUT2D eigenvalue weighted by atomic mass is 10.1. The van der Waals surface area contributed by atoms with Crippen LogP contribution in [0.3, 0.4) is 0 Å². The molecule has 118 valence electrons. The minimum absolute atomic E-state index is 0.00532. The summed E-state index contributed by atoms with van der Waals surface area (Å²) in [6.45, 7) is 1.79. The molecule has 1 aromatic heterocycles. The Morgan fingerprint density at radius 3 is 2.59 bits per heavy atom. The summed E-state index contributed by atoms with van der Waals surface area (Å²) in [4.78, 5) is 15.6. The van der Waals surface area contributed by atoms with Crippen molar-refractivity contribution in [2.75, 3.05) is 6.54 Å². The molecule has 0 aliphatic heterocycles. The van der Waals surface area contributed by atoms with E-state index in [9.17, 15) is 9.90 Å². The summed E-state index contributed by atoms with van der Waals surface area (Å²) in [5.41, 5.74) is 0.519. The third-order valence-electron chi connectivity index (χ3n) is 2.70. The lowest BCUT2D eigenvalue weighted by molar-refractivity contribution is 0.173. The summed E-state index contributed by atoms with van der Waals surface area (Å²) in [7, 11) is 0. The van der Waals surface area contributed by atoms with Crippen LogP contribution in [0.4, 0.5) is 4.79 Å². The molecule has 0 saturated carbocycles. The molecule has 2 amide bonds. The molecule has 1 aromatic carbocycles. The average Bonchev–Trinajstić information content (AvgIpc) is 2.87. The molecule has 1 atom stereocenters. The fourth-order valence-corrected chi connectivity index (χ4v) is 2.25. The van der Waals surface area contributed by atoms with E-state index in [0.717, 1.165) is 0 Å². The van der Waals surface area contributed by atoms with Gasteiger partial charge in [-0.15, -0.1) is 0 Å². The van der Waals surface area contributed by atoms with Crippen LogP contribution in [0.2, 0.25) is 10.0 Å². The van der Waals surface area contributed by atoms with Crippen molar-refractivity contribution in [2.24, 2.45) is 0 Å². The number of rotatable bonds is 5. The van der Waals surface area contributed by atoms with Gasteiger partial charge in [0.15, 0.2) is 5.82 Å². The van der Waals surface area contributed by atoms with E-state index in [1.807, 2.05) is 0 Å². The van der Waals surface area contributed by atoms with Crippen LogP contribution < -0.4 is 10.6 Å². The maximum Gasteiger partial charge on any atom is 0.315 e. The number of carbonyl (C=O) groups excluding carboxylic acids is 1. The molecule has 2 rings (SSSR count). The fourth-order valence-electron chi connectivity index (χ4n) is 1.71. The van der Waals surface area contributed by atoms with Crippen LogP contribution in [0.1, 0.15) is 23.4 Å². The molecule has 2 aromatic rings. The highest BCUT2D eigenvalue weighted by Crippen LogP contribution is 2.23. The lowest BCUT2D eigenvalue weighted by Gasteiger charge is -2.13. The summed E-state index contributed by atoms with van der Waals surface area (Å²) >= 11 is 11.7. The zero-order valence-electron chi connectivity index (χ0n) is 11.6. The van der Waals surface area contributed by atoms with E-state index < -0.39 is 12.1 Å². The number of aromatic nitrogens is 2. The number of nitrogens with zero attached hydrogens (tertiary/aromatic N) is 2. The molecule has 0 saturated heterocycles. The van der Waals surface area contributed by atoms with E-state index in [0.29, 0.717) is 27.3 Å². The third-order valence-corrected chi connectivity index (χ3v) is 3.13. The molecule has 1 unspecified atom stereocenters. The predicted octanol–water partition coefficient (Wildman–Crippen LogP) is 2.22. The molecule has 22 heavy (non-hydrogen) atoms. The molecule has 0 bridgehead atoms. The number of benzene rings is 1. The number of hydrogen-bond acceptors (Lipinski definition) is 5. The Labute approximate surface area is 136 Å². The van der Waals surface area contributed by atoms with Crippen LogP contribution >= 0.6 is 23.2 Å². The molecule has 0 aliphatic carbocycles. The van der Waals surface area contributed by atoms with Gasteiger partial charge in [-0.2, -0.15) is 4.98 Å². The summed E-state index contributed by atoms with van der Waals surface area (Å²) < 4.78 is 4.85. The lowest BCUT2D eigenvalue weighted by Crippen LogP contribution is -2.37. The van der Waals surface area contributed by atoms with Gasteiger partial charge < -0.3 is 20.3 Å². The van der Waals surface area contributed by atoms with Gasteiger partial charge in [0, 0.05) is 16.6 Å². The number of urea groups is 1. The second-order valence-electron chi connectivity index (χ2n) is 4.52. The van der Waals surface area contributed by atoms with E-state index in [1.165, 1.54) is 0 Å². The zero-order chi connectivity index (χ0) is 16.1. The number of carbonyl (C=O) groups is 1. The minimum Gasteiger partial charge on any atom is -0.387 e. The molecule has 3 N–H and O–H groups in total. The minimum atomic E-state index is -0.924. The van der Waals surface area contributed by atoms with Crippen molar-refractivity contribution in [3.05, 3.63) is 45.5 Å². The molecular formula is C13H14Cl2N4O3. The van der Waals surface area contributed by atoms with Crippen LogP contribution in [-0.4, -0.2) is 27.8 Å². The topological polar surface area (TPSA) is 100 Å². The number of aliphatic hydroxyl groups excluding tert-OH is 1. The highest BCUT2D eigenvalue weighted by molar-refractivity contribution is 6.34. The van der Waals surface area contributed by atoms with Gasteiger partial charge in [0.1, 0.15) is 0 Å². The van der Waals surface area contributed by atoms with Crippen molar-refractivity contribution < 1.29 is 14.4 Å².